The lowest BCUT2D eigenvalue weighted by Gasteiger charge is -2.32. The van der Waals surface area contributed by atoms with Crippen LogP contribution in [0.1, 0.15) is 23.2 Å². The van der Waals surface area contributed by atoms with Crippen molar-refractivity contribution in [3.05, 3.63) is 77.3 Å². The summed E-state index contributed by atoms with van der Waals surface area (Å²) in [5.41, 5.74) is 1.11. The third kappa shape index (κ3) is 5.52. The first kappa shape index (κ1) is 25.8. The van der Waals surface area contributed by atoms with Crippen molar-refractivity contribution >= 4 is 39.9 Å². The van der Waals surface area contributed by atoms with Crippen molar-refractivity contribution in [1.82, 2.24) is 0 Å². The molecule has 198 valence electrons. The summed E-state index contributed by atoms with van der Waals surface area (Å²) in [5.74, 6) is -1.38. The molecule has 0 aliphatic carbocycles. The van der Waals surface area contributed by atoms with Gasteiger partial charge in [0.25, 0.3) is 0 Å². The van der Waals surface area contributed by atoms with E-state index in [-0.39, 0.29) is 37.4 Å². The van der Waals surface area contributed by atoms with E-state index in [4.69, 9.17) is 9.47 Å². The quantitative estimate of drug-likeness (QED) is 0.359. The average molecular weight is 522 g/mol. The van der Waals surface area contributed by atoms with E-state index in [1.807, 2.05) is 35.2 Å². The van der Waals surface area contributed by atoms with Gasteiger partial charge in [-0.3, -0.25) is 9.69 Å². The molecule has 5 rings (SSSR count). The van der Waals surface area contributed by atoms with E-state index in [9.17, 15) is 24.0 Å². The normalized spacial score (nSPS) is 18.5. The molecule has 2 aliphatic heterocycles. The number of nitrogens with one attached hydrogen (secondary N) is 1. The molecule has 2 amide bonds. The molecule has 38 heavy (non-hydrogen) atoms. The number of rotatable bonds is 8. The van der Waals surface area contributed by atoms with Crippen LogP contribution in [0.25, 0.3) is 10.8 Å². The Hall–Kier alpha value is -3.86. The molecule has 10 heteroatoms. The fraction of sp³-hybridized carbons (Fsp3) is 0.321. The topological polar surface area (TPSA) is 104 Å². The maximum absolute atomic E-state index is 14.8. The number of ether oxygens (including phenoxy) is 2. The highest BCUT2D eigenvalue weighted by Gasteiger charge is 2.37. The lowest BCUT2D eigenvalue weighted by Crippen LogP contribution is -3.11. The Morgan fingerprint density at radius 3 is 2.55 bits per heavy atom. The van der Waals surface area contributed by atoms with Crippen LogP contribution in [-0.2, 0) is 14.3 Å². The molecule has 3 aromatic carbocycles. The largest absolute Gasteiger partial charge is 0.627 e. The molecule has 9 nitrogen and oxygen atoms in total. The zero-order chi connectivity index (χ0) is 26.6. The predicted molar refractivity (Wildman–Crippen MR) is 139 cm³/mol. The van der Waals surface area contributed by atoms with Gasteiger partial charge in [-0.15, -0.1) is 0 Å². The maximum Gasteiger partial charge on any atom is 0.415 e. The van der Waals surface area contributed by atoms with Crippen LogP contribution in [0.3, 0.4) is 0 Å². The first-order valence-electron chi connectivity index (χ1n) is 12.6. The number of morpholine rings is 1. The number of hydrogen-bond donors (Lipinski definition) is 1. The van der Waals surface area contributed by atoms with E-state index in [1.54, 1.807) is 18.2 Å². The van der Waals surface area contributed by atoms with Gasteiger partial charge in [-0.05, 0) is 29.0 Å². The molecule has 0 spiro atoms. The Kier molecular flexibility index (Phi) is 7.64. The lowest BCUT2D eigenvalue weighted by molar-refractivity contribution is -0.769. The lowest BCUT2D eigenvalue weighted by atomic mass is 10.0. The molecule has 2 heterocycles. The number of hydroxylamine groups is 2. The number of quaternary nitrogens is 1. The summed E-state index contributed by atoms with van der Waals surface area (Å²) in [5, 5.41) is 13.8. The van der Waals surface area contributed by atoms with E-state index >= 15 is 0 Å². The van der Waals surface area contributed by atoms with Crippen LogP contribution in [-0.4, -0.2) is 63.3 Å². The van der Waals surface area contributed by atoms with Crippen LogP contribution >= 0.6 is 0 Å². The molecule has 2 atom stereocenters. The van der Waals surface area contributed by atoms with Gasteiger partial charge in [0.15, 0.2) is 11.9 Å². The van der Waals surface area contributed by atoms with E-state index in [2.05, 4.69) is 0 Å². The number of anilines is 2. The van der Waals surface area contributed by atoms with Gasteiger partial charge in [-0.25, -0.2) is 14.0 Å². The third-order valence-corrected chi connectivity index (χ3v) is 6.83. The average Bonchev–Trinajstić information content (AvgIpc) is 3.30. The SMILES string of the molecule is O=C(CCC(=O)[N@@H+]([O-])CC1CN(c2cccc(F)c2N2CCOCC2)C(=O)O1)c1ccc2ccccc2c1. The number of fused-ring (bicyclic) bond motifs is 1. The molecule has 3 aromatic rings. The Morgan fingerprint density at radius 1 is 1.00 bits per heavy atom. The van der Waals surface area contributed by atoms with Crippen molar-refractivity contribution in [2.45, 2.75) is 18.9 Å². The molecular formula is C28H28FN3O6. The molecule has 2 fully saturated rings. The van der Waals surface area contributed by atoms with E-state index in [1.165, 1.54) is 17.0 Å². The van der Waals surface area contributed by atoms with E-state index < -0.39 is 29.0 Å². The molecule has 1 N–H and O–H groups in total. The summed E-state index contributed by atoms with van der Waals surface area (Å²) in [6.45, 7) is 1.56. The van der Waals surface area contributed by atoms with Gasteiger partial charge in [0, 0.05) is 25.1 Å². The van der Waals surface area contributed by atoms with E-state index in [0.717, 1.165) is 10.8 Å². The molecule has 0 bridgehead atoms. The Morgan fingerprint density at radius 2 is 1.76 bits per heavy atom. The van der Waals surface area contributed by atoms with Crippen LogP contribution in [0, 0.1) is 11.0 Å². The number of hydrogen-bond acceptors (Lipinski definition) is 7. The van der Waals surface area contributed by atoms with Crippen LogP contribution in [0.5, 0.6) is 0 Å². The minimum Gasteiger partial charge on any atom is -0.627 e. The monoisotopic (exact) mass is 521 g/mol. The summed E-state index contributed by atoms with van der Waals surface area (Å²) in [7, 11) is 0. The summed E-state index contributed by atoms with van der Waals surface area (Å²) in [6, 6.07) is 17.4. The highest BCUT2D eigenvalue weighted by atomic mass is 19.1. The van der Waals surface area contributed by atoms with Crippen LogP contribution < -0.4 is 14.9 Å². The molecule has 1 unspecified atom stereocenters. The molecule has 0 saturated carbocycles. The molecule has 0 aromatic heterocycles. The highest BCUT2D eigenvalue weighted by Crippen LogP contribution is 2.35. The molecular weight excluding hydrogens is 493 g/mol. The van der Waals surface area contributed by atoms with Gasteiger partial charge in [0.1, 0.15) is 12.4 Å². The predicted octanol–water partition coefficient (Wildman–Crippen LogP) is 2.71. The molecule has 2 saturated heterocycles. The van der Waals surface area contributed by atoms with Crippen molar-refractivity contribution in [2.24, 2.45) is 0 Å². The van der Waals surface area contributed by atoms with Gasteiger partial charge in [-0.2, -0.15) is 0 Å². The van der Waals surface area contributed by atoms with Crippen molar-refractivity contribution in [3.8, 4) is 0 Å². The van der Waals surface area contributed by atoms with Crippen molar-refractivity contribution in [3.63, 3.8) is 0 Å². The minimum atomic E-state index is -0.851. The smallest absolute Gasteiger partial charge is 0.415 e. The second kappa shape index (κ2) is 11.3. The number of para-hydroxylation sites is 1. The van der Waals surface area contributed by atoms with E-state index in [0.29, 0.717) is 37.6 Å². The van der Waals surface area contributed by atoms with Crippen LogP contribution in [0.4, 0.5) is 20.6 Å². The van der Waals surface area contributed by atoms with Gasteiger partial charge in [0.2, 0.25) is 0 Å². The van der Waals surface area contributed by atoms with Gasteiger partial charge in [0.05, 0.1) is 37.6 Å². The number of cyclic esters (lactones) is 1. The summed E-state index contributed by atoms with van der Waals surface area (Å²) < 4.78 is 25.5. The van der Waals surface area contributed by atoms with Crippen molar-refractivity contribution in [1.29, 1.82) is 0 Å². The van der Waals surface area contributed by atoms with Crippen LogP contribution in [0.2, 0.25) is 0 Å². The second-order valence-corrected chi connectivity index (χ2v) is 9.36. The number of ketones is 1. The van der Waals surface area contributed by atoms with Crippen molar-refractivity contribution < 1.29 is 33.3 Å². The standard InChI is InChI=1S/C28H28FN3O6/c29-23-6-3-7-24(27(23)30-12-14-37-15-13-30)31-17-22(38-28(31)35)18-32(36)26(34)11-10-25(33)21-9-8-19-4-1-2-5-20(19)16-21/h1-9,16,22,32H,10-15,17-18H2. The fourth-order valence-electron chi connectivity index (χ4n) is 4.84. The zero-order valence-electron chi connectivity index (χ0n) is 20.7. The fourth-order valence-corrected chi connectivity index (χ4v) is 4.84. The molecule has 2 aliphatic rings. The van der Waals surface area contributed by atoms with Crippen molar-refractivity contribution in [2.75, 3.05) is 49.2 Å². The Bertz CT molecular complexity index is 1360. The zero-order valence-corrected chi connectivity index (χ0v) is 20.7. The van der Waals surface area contributed by atoms with Gasteiger partial charge < -0.3 is 24.6 Å². The number of benzene rings is 3. The first-order valence-corrected chi connectivity index (χ1v) is 12.6. The summed E-state index contributed by atoms with van der Waals surface area (Å²) in [6.07, 6.45) is -1.87. The molecule has 0 radical (unpaired) electrons. The number of carbonyl (C=O) groups is 3. The minimum absolute atomic E-state index is 0.00860. The first-order chi connectivity index (χ1) is 18.4. The number of halogens is 1. The van der Waals surface area contributed by atoms with Gasteiger partial charge >= 0.3 is 12.0 Å². The Labute approximate surface area is 218 Å². The van der Waals surface area contributed by atoms with Crippen LogP contribution in [0.15, 0.2) is 60.7 Å². The summed E-state index contributed by atoms with van der Waals surface area (Å²) in [4.78, 5) is 40.9. The number of Topliss-reactive ketones (excluding diaryl/α,β-unsaturated/α-hetero) is 1. The number of amides is 2. The second-order valence-electron chi connectivity index (χ2n) is 9.36. The summed E-state index contributed by atoms with van der Waals surface area (Å²) >= 11 is 0. The number of nitrogens with zero attached hydrogens (tertiary/aromatic N) is 2. The highest BCUT2D eigenvalue weighted by molar-refractivity contribution is 6.01. The number of carbonyl (C=O) groups excluding carboxylic acids is 3. The maximum atomic E-state index is 14.8. The van der Waals surface area contributed by atoms with Gasteiger partial charge in [-0.1, -0.05) is 42.5 Å². The third-order valence-electron chi connectivity index (χ3n) is 6.83. The Balaban J connectivity index is 1.18.